The second kappa shape index (κ2) is 7.09. The number of methoxy groups -OCH3 is 1. The Labute approximate surface area is 151 Å². The molecule has 0 N–H and O–H groups in total. The van der Waals surface area contributed by atoms with Crippen LogP contribution in [0, 0.1) is 0 Å². The predicted octanol–water partition coefficient (Wildman–Crippen LogP) is 1.95. The molecule has 3 aromatic rings. The molecule has 4 rings (SSSR count). The maximum absolute atomic E-state index is 5.35. The maximum atomic E-state index is 5.35. The van der Waals surface area contributed by atoms with Crippen LogP contribution in [0.1, 0.15) is 0 Å². The molecule has 0 unspecified atom stereocenters. The molecule has 8 heteroatoms. The van der Waals surface area contributed by atoms with Crippen molar-refractivity contribution in [2.75, 3.05) is 45.2 Å². The van der Waals surface area contributed by atoms with Gasteiger partial charge in [-0.1, -0.05) is 5.16 Å². The monoisotopic (exact) mass is 352 g/mol. The fraction of sp³-hybridized carbons (Fsp3) is 0.333. The van der Waals surface area contributed by atoms with Crippen molar-refractivity contribution < 1.29 is 9.26 Å². The minimum atomic E-state index is 0.355. The van der Waals surface area contributed by atoms with E-state index in [2.05, 4.69) is 37.2 Å². The van der Waals surface area contributed by atoms with Crippen LogP contribution < -0.4 is 9.64 Å². The quantitative estimate of drug-likeness (QED) is 0.705. The van der Waals surface area contributed by atoms with E-state index in [0.717, 1.165) is 43.3 Å². The van der Waals surface area contributed by atoms with Gasteiger partial charge in [-0.05, 0) is 43.4 Å². The van der Waals surface area contributed by atoms with Gasteiger partial charge in [0.05, 0.1) is 7.11 Å². The van der Waals surface area contributed by atoms with Crippen LogP contribution in [0.2, 0.25) is 0 Å². The summed E-state index contributed by atoms with van der Waals surface area (Å²) < 4.78 is 10.5. The lowest BCUT2D eigenvalue weighted by molar-refractivity contribution is 0.312. The lowest BCUT2D eigenvalue weighted by atomic mass is 10.2. The number of hydrogen-bond donors (Lipinski definition) is 0. The number of piperazine rings is 1. The molecule has 0 aliphatic carbocycles. The molecule has 0 spiro atoms. The van der Waals surface area contributed by atoms with Crippen molar-refractivity contribution in [1.82, 2.24) is 25.2 Å². The summed E-state index contributed by atoms with van der Waals surface area (Å²) in [5, 5.41) is 12.6. The van der Waals surface area contributed by atoms with Crippen LogP contribution in [0.4, 0.5) is 5.82 Å². The topological polar surface area (TPSA) is 80.4 Å². The third-order valence-corrected chi connectivity index (χ3v) is 4.47. The Morgan fingerprint density at radius 3 is 2.38 bits per heavy atom. The number of ether oxygens (including phenoxy) is 1. The van der Waals surface area contributed by atoms with Crippen molar-refractivity contribution in [3.8, 4) is 28.7 Å². The summed E-state index contributed by atoms with van der Waals surface area (Å²) in [5.41, 5.74) is 1.41. The zero-order valence-electron chi connectivity index (χ0n) is 14.8. The largest absolute Gasteiger partial charge is 0.497 e. The van der Waals surface area contributed by atoms with Crippen LogP contribution >= 0.6 is 0 Å². The van der Waals surface area contributed by atoms with Crippen LogP contribution in [0.15, 0.2) is 40.9 Å². The minimum absolute atomic E-state index is 0.355. The summed E-state index contributed by atoms with van der Waals surface area (Å²) >= 11 is 0. The van der Waals surface area contributed by atoms with Crippen LogP contribution in [-0.4, -0.2) is 65.6 Å². The van der Waals surface area contributed by atoms with Gasteiger partial charge >= 0.3 is 0 Å². The molecule has 1 saturated heterocycles. The lowest BCUT2D eigenvalue weighted by Crippen LogP contribution is -2.44. The summed E-state index contributed by atoms with van der Waals surface area (Å²) in [7, 11) is 3.76. The molecule has 0 amide bonds. The molecular formula is C18H20N6O2. The zero-order valence-corrected chi connectivity index (χ0v) is 14.8. The molecule has 1 aliphatic heterocycles. The summed E-state index contributed by atoms with van der Waals surface area (Å²) in [5.74, 6) is 2.51. The number of rotatable bonds is 4. The highest BCUT2D eigenvalue weighted by atomic mass is 16.5. The molecule has 26 heavy (non-hydrogen) atoms. The van der Waals surface area contributed by atoms with E-state index in [1.807, 2.05) is 36.4 Å². The van der Waals surface area contributed by atoms with E-state index in [9.17, 15) is 0 Å². The van der Waals surface area contributed by atoms with Crippen LogP contribution in [0.25, 0.3) is 23.0 Å². The van der Waals surface area contributed by atoms with Gasteiger partial charge < -0.3 is 19.1 Å². The smallest absolute Gasteiger partial charge is 0.278 e. The van der Waals surface area contributed by atoms with Crippen LogP contribution in [0.3, 0.4) is 0 Å². The van der Waals surface area contributed by atoms with E-state index in [-0.39, 0.29) is 0 Å². The molecule has 2 aromatic heterocycles. The van der Waals surface area contributed by atoms with E-state index in [1.54, 1.807) is 7.11 Å². The number of aromatic nitrogens is 4. The van der Waals surface area contributed by atoms with Crippen molar-refractivity contribution in [2.45, 2.75) is 0 Å². The zero-order chi connectivity index (χ0) is 17.9. The summed E-state index contributed by atoms with van der Waals surface area (Å²) in [6, 6.07) is 11.3. The third kappa shape index (κ3) is 3.36. The van der Waals surface area contributed by atoms with E-state index in [4.69, 9.17) is 9.26 Å². The number of anilines is 1. The number of hydrogen-bond acceptors (Lipinski definition) is 8. The molecule has 3 heterocycles. The van der Waals surface area contributed by atoms with Crippen LogP contribution in [0.5, 0.6) is 5.75 Å². The predicted molar refractivity (Wildman–Crippen MR) is 97.0 cm³/mol. The Kier molecular flexibility index (Phi) is 4.49. The van der Waals surface area contributed by atoms with E-state index in [1.165, 1.54) is 0 Å². The fourth-order valence-electron chi connectivity index (χ4n) is 2.83. The van der Waals surface area contributed by atoms with Gasteiger partial charge in [0.15, 0.2) is 11.5 Å². The van der Waals surface area contributed by atoms with Crippen LogP contribution in [-0.2, 0) is 0 Å². The highest BCUT2D eigenvalue weighted by Crippen LogP contribution is 2.23. The average molecular weight is 352 g/mol. The van der Waals surface area contributed by atoms with Crippen molar-refractivity contribution in [1.29, 1.82) is 0 Å². The Morgan fingerprint density at radius 2 is 1.73 bits per heavy atom. The second-order valence-corrected chi connectivity index (χ2v) is 6.22. The SMILES string of the molecule is COc1ccc(-c2noc(-c3ccc(N4CCN(C)CC4)nn3)n2)cc1. The van der Waals surface area contributed by atoms with Gasteiger partial charge in [0.1, 0.15) is 5.75 Å². The molecule has 1 fully saturated rings. The van der Waals surface area contributed by atoms with Gasteiger partial charge in [-0.2, -0.15) is 4.98 Å². The molecule has 0 saturated carbocycles. The molecule has 1 aliphatic rings. The molecule has 0 atom stereocenters. The van der Waals surface area contributed by atoms with Crippen molar-refractivity contribution in [3.63, 3.8) is 0 Å². The Balaban J connectivity index is 1.50. The highest BCUT2D eigenvalue weighted by molar-refractivity contribution is 5.59. The molecule has 1 aromatic carbocycles. The summed E-state index contributed by atoms with van der Waals surface area (Å²) in [6.07, 6.45) is 0. The normalized spacial score (nSPS) is 15.2. The Morgan fingerprint density at radius 1 is 0.962 bits per heavy atom. The van der Waals surface area contributed by atoms with Gasteiger partial charge in [-0.15, -0.1) is 10.2 Å². The minimum Gasteiger partial charge on any atom is -0.497 e. The second-order valence-electron chi connectivity index (χ2n) is 6.22. The Bertz CT molecular complexity index is 854. The van der Waals surface area contributed by atoms with Crippen molar-refractivity contribution >= 4 is 5.82 Å². The van der Waals surface area contributed by atoms with Gasteiger partial charge in [0.2, 0.25) is 5.82 Å². The third-order valence-electron chi connectivity index (χ3n) is 4.47. The van der Waals surface area contributed by atoms with E-state index in [0.29, 0.717) is 17.4 Å². The lowest BCUT2D eigenvalue weighted by Gasteiger charge is -2.32. The van der Waals surface area contributed by atoms with Crippen molar-refractivity contribution in [3.05, 3.63) is 36.4 Å². The molecule has 0 radical (unpaired) electrons. The standard InChI is InChI=1S/C18H20N6O2/c1-23-9-11-24(12-10-23)16-8-7-15(20-21-16)18-19-17(22-26-18)13-3-5-14(25-2)6-4-13/h3-8H,9-12H2,1-2H3. The van der Waals surface area contributed by atoms with Gasteiger partial charge in [-0.25, -0.2) is 0 Å². The fourth-order valence-corrected chi connectivity index (χ4v) is 2.83. The number of nitrogens with zero attached hydrogens (tertiary/aromatic N) is 6. The van der Waals surface area contributed by atoms with Gasteiger partial charge in [0, 0.05) is 31.7 Å². The molecule has 0 bridgehead atoms. The first-order chi connectivity index (χ1) is 12.7. The molecule has 134 valence electrons. The maximum Gasteiger partial charge on any atom is 0.278 e. The van der Waals surface area contributed by atoms with Gasteiger partial charge in [0.25, 0.3) is 5.89 Å². The van der Waals surface area contributed by atoms with Gasteiger partial charge in [-0.3, -0.25) is 0 Å². The van der Waals surface area contributed by atoms with E-state index < -0.39 is 0 Å². The van der Waals surface area contributed by atoms with E-state index >= 15 is 0 Å². The first-order valence-electron chi connectivity index (χ1n) is 8.48. The van der Waals surface area contributed by atoms with Crippen molar-refractivity contribution in [2.24, 2.45) is 0 Å². The first kappa shape index (κ1) is 16.5. The number of likely N-dealkylation sites (N-methyl/N-ethyl adjacent to an activating group) is 1. The Hall–Kier alpha value is -3.00. The molecular weight excluding hydrogens is 332 g/mol. The summed E-state index contributed by atoms with van der Waals surface area (Å²) in [4.78, 5) is 8.95. The highest BCUT2D eigenvalue weighted by Gasteiger charge is 2.17. The molecule has 8 nitrogen and oxygen atoms in total. The summed E-state index contributed by atoms with van der Waals surface area (Å²) in [6.45, 7) is 3.95. The first-order valence-corrected chi connectivity index (χ1v) is 8.48. The average Bonchev–Trinajstić information content (AvgIpc) is 3.19. The number of benzene rings is 1.